The maximum absolute atomic E-state index is 10.7. The molecular weight excluding hydrogens is 251 g/mol. The molecule has 2 aromatic rings. The molecule has 0 radical (unpaired) electrons. The van der Waals surface area contributed by atoms with E-state index in [1.165, 1.54) is 17.1 Å². The number of aldehydes is 1. The fraction of sp³-hybridized carbons (Fsp3) is 0.111. The second kappa shape index (κ2) is 4.19. The Morgan fingerprint density at radius 2 is 2.19 bits per heavy atom. The first-order chi connectivity index (χ1) is 7.61. The van der Waals surface area contributed by atoms with Gasteiger partial charge in [-0.3, -0.25) is 4.79 Å². The molecule has 0 N–H and O–H groups in total. The number of hydrogen-bond acceptors (Lipinski definition) is 4. The Labute approximate surface area is 101 Å². The van der Waals surface area contributed by atoms with Gasteiger partial charge in [-0.2, -0.15) is 10.1 Å². The van der Waals surface area contributed by atoms with Crippen molar-refractivity contribution < 1.29 is 4.79 Å². The normalized spacial score (nSPS) is 10.4. The number of aromatic nitrogens is 4. The number of aryl methyl sites for hydroxylation is 1. The lowest BCUT2D eigenvalue weighted by Gasteiger charge is -2.01. The molecule has 0 aromatic carbocycles. The van der Waals surface area contributed by atoms with Crippen LogP contribution in [-0.4, -0.2) is 26.0 Å². The van der Waals surface area contributed by atoms with E-state index in [0.717, 1.165) is 6.29 Å². The number of halogens is 2. The van der Waals surface area contributed by atoms with E-state index in [1.54, 1.807) is 6.92 Å². The highest BCUT2D eigenvalue weighted by Gasteiger charge is 2.10. The third-order valence-corrected chi connectivity index (χ3v) is 2.43. The third kappa shape index (κ3) is 1.91. The summed E-state index contributed by atoms with van der Waals surface area (Å²) in [5.74, 6) is 0.345. The van der Waals surface area contributed by atoms with Crippen LogP contribution in [-0.2, 0) is 0 Å². The minimum atomic E-state index is 0.0696. The standard InChI is InChI=1S/C9H6Cl2N4O/c1-5-6(4-16)3-15(14-5)8-7(10)2-12-9(11)13-8/h2-4H,1H3. The van der Waals surface area contributed by atoms with Gasteiger partial charge in [0.15, 0.2) is 12.1 Å². The SMILES string of the molecule is Cc1nn(-c2nc(Cl)ncc2Cl)cc1C=O. The molecule has 2 aromatic heterocycles. The van der Waals surface area contributed by atoms with Gasteiger partial charge in [-0.15, -0.1) is 0 Å². The van der Waals surface area contributed by atoms with Crippen molar-refractivity contribution in [2.24, 2.45) is 0 Å². The Bertz CT molecular complexity index is 552. The summed E-state index contributed by atoms with van der Waals surface area (Å²) >= 11 is 11.6. The van der Waals surface area contributed by atoms with Crippen LogP contribution in [0.3, 0.4) is 0 Å². The van der Waals surface area contributed by atoms with Crippen molar-refractivity contribution in [2.75, 3.05) is 0 Å². The second-order valence-corrected chi connectivity index (χ2v) is 3.79. The Balaban J connectivity index is 2.57. The highest BCUT2D eigenvalue weighted by Crippen LogP contribution is 2.19. The fourth-order valence-corrected chi connectivity index (χ4v) is 1.50. The molecule has 0 amide bonds. The van der Waals surface area contributed by atoms with Gasteiger partial charge in [-0.25, -0.2) is 9.67 Å². The van der Waals surface area contributed by atoms with Crippen molar-refractivity contribution in [3.8, 4) is 5.82 Å². The molecule has 2 rings (SSSR count). The number of hydrogen-bond donors (Lipinski definition) is 0. The van der Waals surface area contributed by atoms with Gasteiger partial charge in [-0.1, -0.05) is 11.6 Å². The average molecular weight is 257 g/mol. The third-order valence-electron chi connectivity index (χ3n) is 1.98. The van der Waals surface area contributed by atoms with E-state index >= 15 is 0 Å². The van der Waals surface area contributed by atoms with Crippen molar-refractivity contribution in [1.29, 1.82) is 0 Å². The molecule has 0 fully saturated rings. The van der Waals surface area contributed by atoms with Crippen LogP contribution >= 0.6 is 23.2 Å². The van der Waals surface area contributed by atoms with E-state index in [9.17, 15) is 4.79 Å². The first kappa shape index (κ1) is 11.0. The Hall–Kier alpha value is -1.46. The molecule has 0 bridgehead atoms. The molecule has 0 aliphatic rings. The topological polar surface area (TPSA) is 60.7 Å². The summed E-state index contributed by atoms with van der Waals surface area (Å²) < 4.78 is 1.40. The van der Waals surface area contributed by atoms with E-state index < -0.39 is 0 Å². The van der Waals surface area contributed by atoms with E-state index in [2.05, 4.69) is 15.1 Å². The van der Waals surface area contributed by atoms with Gasteiger partial charge < -0.3 is 0 Å². The van der Waals surface area contributed by atoms with Crippen molar-refractivity contribution >= 4 is 29.5 Å². The first-order valence-corrected chi connectivity index (χ1v) is 5.07. The molecule has 0 atom stereocenters. The first-order valence-electron chi connectivity index (χ1n) is 4.31. The van der Waals surface area contributed by atoms with Gasteiger partial charge >= 0.3 is 0 Å². The van der Waals surface area contributed by atoms with Crippen molar-refractivity contribution in [3.05, 3.63) is 34.0 Å². The summed E-state index contributed by atoms with van der Waals surface area (Å²) in [4.78, 5) is 18.3. The van der Waals surface area contributed by atoms with Crippen LogP contribution in [0.15, 0.2) is 12.4 Å². The van der Waals surface area contributed by atoms with Crippen molar-refractivity contribution in [2.45, 2.75) is 6.92 Å². The van der Waals surface area contributed by atoms with Crippen LogP contribution in [0, 0.1) is 6.92 Å². The summed E-state index contributed by atoms with van der Waals surface area (Å²) in [5.41, 5.74) is 1.08. The minimum Gasteiger partial charge on any atom is -0.298 e. The summed E-state index contributed by atoms with van der Waals surface area (Å²) in [6, 6.07) is 0. The lowest BCUT2D eigenvalue weighted by atomic mass is 10.3. The van der Waals surface area contributed by atoms with Gasteiger partial charge in [0.2, 0.25) is 5.28 Å². The summed E-state index contributed by atoms with van der Waals surface area (Å²) in [6.45, 7) is 1.72. The molecular formula is C9H6Cl2N4O. The van der Waals surface area contributed by atoms with Crippen LogP contribution in [0.1, 0.15) is 16.1 Å². The minimum absolute atomic E-state index is 0.0696. The van der Waals surface area contributed by atoms with Gasteiger partial charge in [-0.05, 0) is 18.5 Å². The molecule has 0 saturated carbocycles. The van der Waals surface area contributed by atoms with Gasteiger partial charge in [0.25, 0.3) is 0 Å². The van der Waals surface area contributed by atoms with Crippen LogP contribution in [0.25, 0.3) is 5.82 Å². The van der Waals surface area contributed by atoms with Crippen molar-refractivity contribution in [3.63, 3.8) is 0 Å². The summed E-state index contributed by atoms with van der Waals surface area (Å²) in [6.07, 6.45) is 3.63. The van der Waals surface area contributed by atoms with Crippen LogP contribution < -0.4 is 0 Å². The van der Waals surface area contributed by atoms with E-state index in [4.69, 9.17) is 23.2 Å². The predicted molar refractivity (Wildman–Crippen MR) is 59.3 cm³/mol. The zero-order valence-corrected chi connectivity index (χ0v) is 9.70. The van der Waals surface area contributed by atoms with E-state index in [1.807, 2.05) is 0 Å². The lowest BCUT2D eigenvalue weighted by molar-refractivity contribution is 0.112. The largest absolute Gasteiger partial charge is 0.298 e. The highest BCUT2D eigenvalue weighted by molar-refractivity contribution is 6.32. The number of nitrogens with zero attached hydrogens (tertiary/aromatic N) is 4. The van der Waals surface area contributed by atoms with E-state index in [-0.39, 0.29) is 5.28 Å². The second-order valence-electron chi connectivity index (χ2n) is 3.04. The molecule has 0 aliphatic carbocycles. The Morgan fingerprint density at radius 3 is 2.81 bits per heavy atom. The maximum Gasteiger partial charge on any atom is 0.224 e. The van der Waals surface area contributed by atoms with Crippen LogP contribution in [0.5, 0.6) is 0 Å². The Kier molecular flexibility index (Phi) is 2.89. The molecule has 82 valence electrons. The highest BCUT2D eigenvalue weighted by atomic mass is 35.5. The maximum atomic E-state index is 10.7. The molecule has 2 heterocycles. The monoisotopic (exact) mass is 256 g/mol. The number of rotatable bonds is 2. The summed E-state index contributed by atoms with van der Waals surface area (Å²) in [5, 5.41) is 4.48. The predicted octanol–water partition coefficient (Wildman–Crippen LogP) is 2.09. The van der Waals surface area contributed by atoms with Gasteiger partial charge in [0, 0.05) is 6.20 Å². The number of carbonyl (C=O) groups excluding carboxylic acids is 1. The molecule has 0 spiro atoms. The molecule has 16 heavy (non-hydrogen) atoms. The van der Waals surface area contributed by atoms with Crippen molar-refractivity contribution in [1.82, 2.24) is 19.7 Å². The van der Waals surface area contributed by atoms with Gasteiger partial charge in [0.1, 0.15) is 5.02 Å². The fourth-order valence-electron chi connectivity index (χ4n) is 1.20. The number of carbonyl (C=O) groups is 1. The van der Waals surface area contributed by atoms with Crippen LogP contribution in [0.4, 0.5) is 0 Å². The molecule has 0 aliphatic heterocycles. The Morgan fingerprint density at radius 1 is 1.44 bits per heavy atom. The molecule has 7 heteroatoms. The zero-order valence-electron chi connectivity index (χ0n) is 8.19. The molecule has 0 saturated heterocycles. The molecule has 0 unspecified atom stereocenters. The summed E-state index contributed by atoms with van der Waals surface area (Å²) in [7, 11) is 0. The smallest absolute Gasteiger partial charge is 0.224 e. The molecule has 5 nitrogen and oxygen atoms in total. The lowest BCUT2D eigenvalue weighted by Crippen LogP contribution is -2.00. The van der Waals surface area contributed by atoms with E-state index in [0.29, 0.717) is 22.1 Å². The average Bonchev–Trinajstić information content (AvgIpc) is 2.63. The van der Waals surface area contributed by atoms with Crippen LogP contribution in [0.2, 0.25) is 10.3 Å². The van der Waals surface area contributed by atoms with Gasteiger partial charge in [0.05, 0.1) is 17.5 Å². The zero-order chi connectivity index (χ0) is 11.7. The quantitative estimate of drug-likeness (QED) is 0.610.